The molecule has 0 saturated heterocycles. The van der Waals surface area contributed by atoms with Crippen LogP contribution in [0, 0.1) is 17.0 Å². The highest BCUT2D eigenvalue weighted by atomic mass is 16.6. The van der Waals surface area contributed by atoms with Gasteiger partial charge in [-0.15, -0.1) is 0 Å². The summed E-state index contributed by atoms with van der Waals surface area (Å²) in [6.07, 6.45) is 1.41. The number of carbonyl (C=O) groups is 1. The lowest BCUT2D eigenvalue weighted by atomic mass is 10.1. The maximum atomic E-state index is 11.1. The third kappa shape index (κ3) is 4.94. The van der Waals surface area contributed by atoms with Gasteiger partial charge in [0.15, 0.2) is 5.75 Å². The van der Waals surface area contributed by atoms with Crippen LogP contribution in [0.25, 0.3) is 0 Å². The van der Waals surface area contributed by atoms with Crippen molar-refractivity contribution in [3.63, 3.8) is 0 Å². The van der Waals surface area contributed by atoms with Crippen LogP contribution in [0.1, 0.15) is 16.7 Å². The molecular weight excluding hydrogens is 340 g/mol. The minimum Gasteiger partial charge on any atom is -0.496 e. The van der Waals surface area contributed by atoms with Gasteiger partial charge in [0.2, 0.25) is 0 Å². The van der Waals surface area contributed by atoms with Crippen molar-refractivity contribution in [3.05, 3.63) is 63.2 Å². The molecule has 0 atom stereocenters. The third-order valence-electron chi connectivity index (χ3n) is 3.39. The number of aryl methyl sites for hydroxylation is 1. The van der Waals surface area contributed by atoms with E-state index < -0.39 is 11.0 Å². The Bertz CT molecular complexity index is 851. The Morgan fingerprint density at radius 1 is 1.31 bits per heavy atom. The van der Waals surface area contributed by atoms with E-state index in [1.165, 1.54) is 19.4 Å². The largest absolute Gasteiger partial charge is 0.496 e. The summed E-state index contributed by atoms with van der Waals surface area (Å²) < 4.78 is 10.9. The van der Waals surface area contributed by atoms with Gasteiger partial charge in [0.1, 0.15) is 12.4 Å². The molecule has 0 unspecified atom stereocenters. The molecular formula is C17H18N4O5. The Hall–Kier alpha value is -3.62. The number of benzene rings is 2. The van der Waals surface area contributed by atoms with Crippen molar-refractivity contribution in [2.24, 2.45) is 10.8 Å². The molecule has 0 heterocycles. The first-order valence-corrected chi connectivity index (χ1v) is 7.54. The normalized spacial score (nSPS) is 10.5. The van der Waals surface area contributed by atoms with Crippen molar-refractivity contribution in [1.29, 1.82) is 0 Å². The van der Waals surface area contributed by atoms with Gasteiger partial charge in [0.05, 0.1) is 18.2 Å². The highest BCUT2D eigenvalue weighted by Gasteiger charge is 2.16. The number of nitrogens with zero attached hydrogens (tertiary/aromatic N) is 2. The number of nitrogens with one attached hydrogen (secondary N) is 1. The van der Waals surface area contributed by atoms with Crippen LogP contribution in [0.2, 0.25) is 0 Å². The van der Waals surface area contributed by atoms with E-state index in [-0.39, 0.29) is 18.0 Å². The van der Waals surface area contributed by atoms with Gasteiger partial charge >= 0.3 is 11.7 Å². The lowest BCUT2D eigenvalue weighted by Gasteiger charge is -2.11. The van der Waals surface area contributed by atoms with Gasteiger partial charge in [-0.3, -0.25) is 10.1 Å². The van der Waals surface area contributed by atoms with Crippen molar-refractivity contribution in [2.75, 3.05) is 7.11 Å². The highest BCUT2D eigenvalue weighted by Crippen LogP contribution is 2.29. The molecule has 0 radical (unpaired) electrons. The molecule has 26 heavy (non-hydrogen) atoms. The Kier molecular flexibility index (Phi) is 6.10. The minimum atomic E-state index is -0.773. The van der Waals surface area contributed by atoms with Gasteiger partial charge in [-0.05, 0) is 42.3 Å². The van der Waals surface area contributed by atoms with Crippen molar-refractivity contribution in [3.8, 4) is 11.5 Å². The van der Waals surface area contributed by atoms with E-state index in [0.717, 1.165) is 5.56 Å². The lowest BCUT2D eigenvalue weighted by molar-refractivity contribution is -0.386. The molecule has 3 N–H and O–H groups in total. The number of carbonyl (C=O) groups excluding carboxylic acids is 1. The maximum Gasteiger partial charge on any atom is 0.332 e. The van der Waals surface area contributed by atoms with Crippen LogP contribution >= 0.6 is 0 Å². The number of ether oxygens (including phenoxy) is 2. The number of amides is 2. The molecule has 0 saturated carbocycles. The SMILES string of the molecule is COc1ccc(C=NNC(N)=O)cc1COc1cc(C)ccc1[N+](=O)[O-]. The zero-order valence-electron chi connectivity index (χ0n) is 14.3. The molecule has 0 bridgehead atoms. The zero-order chi connectivity index (χ0) is 19.1. The fraction of sp³-hybridized carbons (Fsp3) is 0.176. The first kappa shape index (κ1) is 18.7. The van der Waals surface area contributed by atoms with Crippen LogP contribution in [0.5, 0.6) is 11.5 Å². The minimum absolute atomic E-state index is 0.0540. The summed E-state index contributed by atoms with van der Waals surface area (Å²) in [5, 5.41) is 14.8. The molecule has 136 valence electrons. The maximum absolute atomic E-state index is 11.1. The van der Waals surface area contributed by atoms with E-state index in [1.807, 2.05) is 6.92 Å². The van der Waals surface area contributed by atoms with Crippen LogP contribution in [0.3, 0.4) is 0 Å². The quantitative estimate of drug-likeness (QED) is 0.446. The number of urea groups is 1. The van der Waals surface area contributed by atoms with Crippen LogP contribution in [0.4, 0.5) is 10.5 Å². The summed E-state index contributed by atoms with van der Waals surface area (Å²) >= 11 is 0. The Balaban J connectivity index is 2.23. The van der Waals surface area contributed by atoms with Gasteiger partial charge in [0, 0.05) is 11.6 Å². The smallest absolute Gasteiger partial charge is 0.332 e. The summed E-state index contributed by atoms with van der Waals surface area (Å²) in [7, 11) is 1.51. The number of nitrogens with two attached hydrogens (primary N) is 1. The summed E-state index contributed by atoms with van der Waals surface area (Å²) in [6.45, 7) is 1.87. The number of primary amides is 1. The van der Waals surface area contributed by atoms with Crippen molar-refractivity contribution >= 4 is 17.9 Å². The lowest BCUT2D eigenvalue weighted by Crippen LogP contribution is -2.24. The van der Waals surface area contributed by atoms with Gasteiger partial charge in [-0.25, -0.2) is 10.2 Å². The number of hydrogen-bond acceptors (Lipinski definition) is 6. The van der Waals surface area contributed by atoms with E-state index in [9.17, 15) is 14.9 Å². The summed E-state index contributed by atoms with van der Waals surface area (Å²) in [6, 6.07) is 9.04. The highest BCUT2D eigenvalue weighted by molar-refractivity contribution is 5.82. The number of nitro groups is 1. The van der Waals surface area contributed by atoms with E-state index in [0.29, 0.717) is 16.9 Å². The van der Waals surface area contributed by atoms with E-state index in [2.05, 4.69) is 10.5 Å². The summed E-state index contributed by atoms with van der Waals surface area (Å²) in [4.78, 5) is 21.3. The molecule has 0 aliphatic carbocycles. The van der Waals surface area contributed by atoms with Crippen LogP contribution in [-0.2, 0) is 6.61 Å². The second-order valence-electron chi connectivity index (χ2n) is 5.32. The monoisotopic (exact) mass is 358 g/mol. The van der Waals surface area contributed by atoms with Crippen LogP contribution in [-0.4, -0.2) is 24.3 Å². The fourth-order valence-electron chi connectivity index (χ4n) is 2.21. The molecule has 0 spiro atoms. The second-order valence-corrected chi connectivity index (χ2v) is 5.32. The number of hydrogen-bond donors (Lipinski definition) is 2. The second kappa shape index (κ2) is 8.47. The Morgan fingerprint density at radius 3 is 2.73 bits per heavy atom. The summed E-state index contributed by atoms with van der Waals surface area (Å²) in [5.74, 6) is 0.729. The first-order chi connectivity index (χ1) is 12.4. The topological polar surface area (TPSA) is 129 Å². The van der Waals surface area contributed by atoms with Crippen molar-refractivity contribution in [2.45, 2.75) is 13.5 Å². The van der Waals surface area contributed by atoms with Crippen molar-refractivity contribution in [1.82, 2.24) is 5.43 Å². The molecule has 2 amide bonds. The number of hydrazone groups is 1. The first-order valence-electron chi connectivity index (χ1n) is 7.54. The predicted molar refractivity (Wildman–Crippen MR) is 95.5 cm³/mol. The van der Waals surface area contributed by atoms with E-state index >= 15 is 0 Å². The molecule has 0 aliphatic heterocycles. The molecule has 9 heteroatoms. The standard InChI is InChI=1S/C17H18N4O5/c1-11-3-5-14(21(23)24)16(7-11)26-10-13-8-12(4-6-15(13)25-2)9-19-20-17(18)22/h3-9H,10H2,1-2H3,(H3,18,20,22). The molecule has 2 aromatic rings. The number of methoxy groups -OCH3 is 1. The summed E-state index contributed by atoms with van der Waals surface area (Å²) in [5.41, 5.74) is 9.09. The zero-order valence-corrected chi connectivity index (χ0v) is 14.3. The van der Waals surface area contributed by atoms with E-state index in [1.54, 1.807) is 30.3 Å². The Labute approximate surface area is 149 Å². The molecule has 2 rings (SSSR count). The number of nitro benzene ring substituents is 1. The molecule has 0 fully saturated rings. The Morgan fingerprint density at radius 2 is 2.08 bits per heavy atom. The van der Waals surface area contributed by atoms with E-state index in [4.69, 9.17) is 15.2 Å². The van der Waals surface area contributed by atoms with Crippen LogP contribution in [0.15, 0.2) is 41.5 Å². The third-order valence-corrected chi connectivity index (χ3v) is 3.39. The van der Waals surface area contributed by atoms with Crippen LogP contribution < -0.4 is 20.6 Å². The molecule has 0 aliphatic rings. The van der Waals surface area contributed by atoms with Gasteiger partial charge < -0.3 is 15.2 Å². The van der Waals surface area contributed by atoms with Gasteiger partial charge in [0.25, 0.3) is 0 Å². The van der Waals surface area contributed by atoms with Gasteiger partial charge in [-0.2, -0.15) is 5.10 Å². The molecule has 0 aromatic heterocycles. The molecule has 9 nitrogen and oxygen atoms in total. The predicted octanol–water partition coefficient (Wildman–Crippen LogP) is 2.49. The average molecular weight is 358 g/mol. The van der Waals surface area contributed by atoms with Gasteiger partial charge in [-0.1, -0.05) is 6.07 Å². The average Bonchev–Trinajstić information content (AvgIpc) is 2.59. The molecule has 2 aromatic carbocycles. The fourth-order valence-corrected chi connectivity index (χ4v) is 2.21. The number of rotatable bonds is 7. The van der Waals surface area contributed by atoms with Crippen molar-refractivity contribution < 1.29 is 19.2 Å².